The van der Waals surface area contributed by atoms with Gasteiger partial charge < -0.3 is 0 Å². The van der Waals surface area contributed by atoms with Gasteiger partial charge >= 0.3 is 0 Å². The van der Waals surface area contributed by atoms with E-state index in [0.717, 1.165) is 71.0 Å². The maximum absolute atomic E-state index is 2.62. The molecule has 222 valence electrons. The monoisotopic (exact) mass is 527 g/mol. The van der Waals surface area contributed by atoms with Gasteiger partial charge in [0, 0.05) is 0 Å². The Morgan fingerprint density at radius 2 is 1.26 bits per heavy atom. The van der Waals surface area contributed by atoms with Crippen LogP contribution >= 0.6 is 0 Å². The molecule has 0 amide bonds. The van der Waals surface area contributed by atoms with Gasteiger partial charge in [0.25, 0.3) is 0 Å². The van der Waals surface area contributed by atoms with E-state index in [4.69, 9.17) is 0 Å². The molecular weight excluding hydrogens is 456 g/mol. The van der Waals surface area contributed by atoms with Crippen LogP contribution in [-0.4, -0.2) is 0 Å². The maximum atomic E-state index is 2.62. The van der Waals surface area contributed by atoms with Gasteiger partial charge in [-0.25, -0.2) is 0 Å². The predicted molar refractivity (Wildman–Crippen MR) is 168 cm³/mol. The van der Waals surface area contributed by atoms with Crippen LogP contribution in [0.25, 0.3) is 0 Å². The minimum Gasteiger partial charge on any atom is -0.0654 e. The van der Waals surface area contributed by atoms with Crippen LogP contribution in [0.2, 0.25) is 0 Å². The van der Waals surface area contributed by atoms with Gasteiger partial charge in [0.05, 0.1) is 0 Å². The van der Waals surface area contributed by atoms with Gasteiger partial charge in [0.1, 0.15) is 0 Å². The maximum Gasteiger partial charge on any atom is -0.0324 e. The number of hydrogen-bond acceptors (Lipinski definition) is 0. The van der Waals surface area contributed by atoms with E-state index in [1.807, 2.05) is 0 Å². The van der Waals surface area contributed by atoms with Gasteiger partial charge in [-0.1, -0.05) is 106 Å². The molecule has 0 aromatic rings. The molecule has 0 aromatic heterocycles. The molecule has 5 aliphatic carbocycles. The fourth-order valence-corrected chi connectivity index (χ4v) is 11.3. The zero-order valence-corrected chi connectivity index (χ0v) is 27.1. The Balaban J connectivity index is 0.000000204. The molecular formula is C38H70. The summed E-state index contributed by atoms with van der Waals surface area (Å²) >= 11 is 0. The highest BCUT2D eigenvalue weighted by atomic mass is 14.5. The molecule has 0 aliphatic heterocycles. The second-order valence-corrected chi connectivity index (χ2v) is 15.7. The van der Waals surface area contributed by atoms with Crippen LogP contribution in [0.3, 0.4) is 0 Å². The molecule has 0 nitrogen and oxygen atoms in total. The lowest BCUT2D eigenvalue weighted by atomic mass is 9.55. The summed E-state index contributed by atoms with van der Waals surface area (Å²) < 4.78 is 0. The third-order valence-corrected chi connectivity index (χ3v) is 13.6. The van der Waals surface area contributed by atoms with E-state index < -0.39 is 0 Å². The lowest BCUT2D eigenvalue weighted by Gasteiger charge is -2.51. The fourth-order valence-electron chi connectivity index (χ4n) is 11.3. The van der Waals surface area contributed by atoms with Crippen molar-refractivity contribution in [2.24, 2.45) is 71.0 Å². The molecule has 5 rings (SSSR count). The second-order valence-electron chi connectivity index (χ2n) is 15.7. The lowest BCUT2D eigenvalue weighted by molar-refractivity contribution is -0.0149. The third-order valence-electron chi connectivity index (χ3n) is 13.6. The summed E-state index contributed by atoms with van der Waals surface area (Å²) in [6, 6.07) is 0. The van der Waals surface area contributed by atoms with E-state index >= 15 is 0 Å². The Bertz CT molecular complexity index is 642. The molecule has 0 radical (unpaired) electrons. The largest absolute Gasteiger partial charge is 0.0654 e. The van der Waals surface area contributed by atoms with E-state index in [2.05, 4.69) is 41.5 Å². The van der Waals surface area contributed by atoms with Crippen molar-refractivity contribution < 1.29 is 0 Å². The highest BCUT2D eigenvalue weighted by Gasteiger charge is 2.48. The molecule has 38 heavy (non-hydrogen) atoms. The molecule has 0 aromatic carbocycles. The summed E-state index contributed by atoms with van der Waals surface area (Å²) in [4.78, 5) is 0. The van der Waals surface area contributed by atoms with Crippen molar-refractivity contribution in [1.82, 2.24) is 0 Å². The topological polar surface area (TPSA) is 0 Å². The average molecular weight is 527 g/mol. The zero-order valence-electron chi connectivity index (χ0n) is 27.1. The van der Waals surface area contributed by atoms with Crippen LogP contribution in [0.1, 0.15) is 170 Å². The third kappa shape index (κ3) is 7.64. The molecule has 0 spiro atoms. The van der Waals surface area contributed by atoms with Crippen LogP contribution in [0.5, 0.6) is 0 Å². The molecule has 0 saturated heterocycles. The van der Waals surface area contributed by atoms with Crippen LogP contribution in [-0.2, 0) is 0 Å². The number of hydrogen-bond donors (Lipinski definition) is 0. The minimum atomic E-state index is 1.00. The smallest absolute Gasteiger partial charge is 0.0324 e. The highest BCUT2D eigenvalue weighted by molar-refractivity contribution is 4.98. The summed E-state index contributed by atoms with van der Waals surface area (Å²) in [5, 5.41) is 0. The van der Waals surface area contributed by atoms with E-state index in [1.165, 1.54) is 57.8 Å². The molecule has 5 saturated carbocycles. The molecule has 0 bridgehead atoms. The summed E-state index contributed by atoms with van der Waals surface area (Å²) in [6.45, 7) is 14.7. The Morgan fingerprint density at radius 1 is 0.553 bits per heavy atom. The highest BCUT2D eigenvalue weighted by Crippen LogP contribution is 2.57. The Morgan fingerprint density at radius 3 is 1.89 bits per heavy atom. The molecule has 0 heterocycles. The van der Waals surface area contributed by atoms with Gasteiger partial charge in [-0.05, 0) is 135 Å². The first kappa shape index (κ1) is 30.9. The zero-order chi connectivity index (χ0) is 27.1. The van der Waals surface area contributed by atoms with E-state index in [1.54, 1.807) is 70.6 Å². The van der Waals surface area contributed by atoms with Crippen LogP contribution in [0, 0.1) is 71.0 Å². The Kier molecular flexibility index (Phi) is 12.5. The van der Waals surface area contributed by atoms with Crippen molar-refractivity contribution in [3.05, 3.63) is 0 Å². The van der Waals surface area contributed by atoms with Gasteiger partial charge in [-0.2, -0.15) is 0 Å². The van der Waals surface area contributed by atoms with Gasteiger partial charge in [-0.15, -0.1) is 0 Å². The number of unbranched alkanes of at least 4 members (excludes halogenated alkanes) is 1. The first-order chi connectivity index (χ1) is 18.5. The van der Waals surface area contributed by atoms with Crippen molar-refractivity contribution in [1.29, 1.82) is 0 Å². The van der Waals surface area contributed by atoms with E-state index in [-0.39, 0.29) is 0 Å². The second kappa shape index (κ2) is 15.3. The first-order valence-corrected chi connectivity index (χ1v) is 18.5. The SMILES string of the molecule is CCC1CCC(C2CCC(C)C2)CC1.CCCCC1C(C)CC2CCCC2C1C1CCC(CC)C(CC)C1. The standard InChI is InChI=1S/C24H44.C14H26/c1-5-8-11-22-17(4)15-20-10-9-12-23(20)24(22)21-14-13-18(6-2)19(7-3)16-21;1-3-12-5-8-13(9-6-12)14-7-4-11(2)10-14/h17-24H,5-16H2,1-4H3;11-14H,3-10H2,1-2H3. The lowest BCUT2D eigenvalue weighted by Crippen LogP contribution is -2.43. The fraction of sp³-hybridized carbons (Fsp3) is 1.00. The molecule has 10 unspecified atom stereocenters. The van der Waals surface area contributed by atoms with E-state index in [0.29, 0.717) is 0 Å². The summed E-state index contributed by atoms with van der Waals surface area (Å²) in [5.74, 6) is 12.9. The van der Waals surface area contributed by atoms with Crippen LogP contribution < -0.4 is 0 Å². The quantitative estimate of drug-likeness (QED) is 0.295. The first-order valence-electron chi connectivity index (χ1n) is 18.5. The van der Waals surface area contributed by atoms with Crippen molar-refractivity contribution in [3.8, 4) is 0 Å². The van der Waals surface area contributed by atoms with Crippen molar-refractivity contribution in [3.63, 3.8) is 0 Å². The van der Waals surface area contributed by atoms with Crippen molar-refractivity contribution >= 4 is 0 Å². The molecule has 0 N–H and O–H groups in total. The summed E-state index contributed by atoms with van der Waals surface area (Å²) in [7, 11) is 0. The van der Waals surface area contributed by atoms with Crippen molar-refractivity contribution in [2.75, 3.05) is 0 Å². The van der Waals surface area contributed by atoms with Crippen molar-refractivity contribution in [2.45, 2.75) is 170 Å². The Labute approximate surface area is 240 Å². The minimum absolute atomic E-state index is 1.00. The number of rotatable bonds is 8. The molecule has 5 aliphatic rings. The van der Waals surface area contributed by atoms with Gasteiger partial charge in [-0.3, -0.25) is 0 Å². The van der Waals surface area contributed by atoms with Crippen LogP contribution in [0.15, 0.2) is 0 Å². The Hall–Kier alpha value is 0. The summed E-state index contributed by atoms with van der Waals surface area (Å²) in [5.41, 5.74) is 0. The van der Waals surface area contributed by atoms with E-state index in [9.17, 15) is 0 Å². The average Bonchev–Trinajstić information content (AvgIpc) is 3.60. The van der Waals surface area contributed by atoms with Gasteiger partial charge in [0.15, 0.2) is 0 Å². The predicted octanol–water partition coefficient (Wildman–Crippen LogP) is 12.4. The summed E-state index contributed by atoms with van der Waals surface area (Å²) in [6.07, 6.45) is 30.4. The normalized spacial score (nSPS) is 45.3. The van der Waals surface area contributed by atoms with Crippen LogP contribution in [0.4, 0.5) is 0 Å². The molecule has 0 heteroatoms. The molecule has 5 fully saturated rings. The number of fused-ring (bicyclic) bond motifs is 1. The van der Waals surface area contributed by atoms with Gasteiger partial charge in [0.2, 0.25) is 0 Å². The molecule has 10 atom stereocenters.